The molecule has 0 aromatic heterocycles. The van der Waals surface area contributed by atoms with Crippen LogP contribution in [0.15, 0.2) is 24.3 Å². The fraction of sp³-hybridized carbons (Fsp3) is 0.467. The van der Waals surface area contributed by atoms with Gasteiger partial charge in [0.1, 0.15) is 0 Å². The Bertz CT molecular complexity index is 488. The summed E-state index contributed by atoms with van der Waals surface area (Å²) in [6.07, 6.45) is 0.800. The van der Waals surface area contributed by atoms with Gasteiger partial charge in [0.2, 0.25) is 5.91 Å². The highest BCUT2D eigenvalue weighted by atomic mass is 35.5. The number of hydrogen-bond acceptors (Lipinski definition) is 3. The van der Waals surface area contributed by atoms with E-state index in [1.807, 2.05) is 6.92 Å². The Morgan fingerprint density at radius 1 is 1.19 bits per heavy atom. The molecule has 1 aromatic carbocycles. The summed E-state index contributed by atoms with van der Waals surface area (Å²) in [6, 6.07) is 6.25. The smallest absolute Gasteiger partial charge is 0.251 e. The Balaban J connectivity index is 0.00000400. The Labute approximate surface area is 131 Å². The maximum absolute atomic E-state index is 12.2. The van der Waals surface area contributed by atoms with Crippen LogP contribution < -0.4 is 16.8 Å². The Morgan fingerprint density at radius 2 is 1.67 bits per heavy atom. The van der Waals surface area contributed by atoms with Crippen molar-refractivity contribution in [1.29, 1.82) is 0 Å². The lowest BCUT2D eigenvalue weighted by Gasteiger charge is -2.31. The lowest BCUT2D eigenvalue weighted by atomic mass is 9.90. The van der Waals surface area contributed by atoms with Crippen LogP contribution in [0.4, 0.5) is 0 Å². The van der Waals surface area contributed by atoms with Gasteiger partial charge in [-0.1, -0.05) is 13.8 Å². The van der Waals surface area contributed by atoms with Crippen LogP contribution in [0.25, 0.3) is 0 Å². The van der Waals surface area contributed by atoms with Crippen molar-refractivity contribution in [3.8, 4) is 0 Å². The van der Waals surface area contributed by atoms with Crippen LogP contribution in [-0.2, 0) is 0 Å². The molecular weight excluding hydrogens is 290 g/mol. The van der Waals surface area contributed by atoms with Gasteiger partial charge >= 0.3 is 0 Å². The van der Waals surface area contributed by atoms with Crippen molar-refractivity contribution in [2.45, 2.75) is 32.7 Å². The van der Waals surface area contributed by atoms with Crippen molar-refractivity contribution in [2.75, 3.05) is 6.54 Å². The zero-order valence-corrected chi connectivity index (χ0v) is 13.5. The summed E-state index contributed by atoms with van der Waals surface area (Å²) >= 11 is 0. The molecule has 0 aliphatic carbocycles. The van der Waals surface area contributed by atoms with Gasteiger partial charge in [-0.2, -0.15) is 0 Å². The number of hydrogen-bond donors (Lipinski definition) is 3. The zero-order chi connectivity index (χ0) is 15.3. The zero-order valence-electron chi connectivity index (χ0n) is 12.7. The Kier molecular flexibility index (Phi) is 7.39. The number of nitrogens with one attached hydrogen (secondary N) is 1. The van der Waals surface area contributed by atoms with Crippen LogP contribution >= 0.6 is 12.4 Å². The van der Waals surface area contributed by atoms with Crippen LogP contribution in [0.3, 0.4) is 0 Å². The summed E-state index contributed by atoms with van der Waals surface area (Å²) < 4.78 is 0. The number of carbonyl (C=O) groups excluding carboxylic acids is 2. The quantitative estimate of drug-likeness (QED) is 0.745. The standard InChI is InChI=1S/C15H23N3O2.ClH/c1-10(2)8-15(3,9-16)18-14(20)12-6-4-11(5-7-12)13(17)19;/h4-7,10H,8-9,16H2,1-3H3,(H2,17,19)(H,18,20);1H. The minimum atomic E-state index is -0.511. The molecule has 1 rings (SSSR count). The summed E-state index contributed by atoms with van der Waals surface area (Å²) in [5, 5.41) is 2.96. The van der Waals surface area contributed by atoms with Gasteiger partial charge in [-0.25, -0.2) is 0 Å². The maximum Gasteiger partial charge on any atom is 0.251 e. The van der Waals surface area contributed by atoms with E-state index in [9.17, 15) is 9.59 Å². The molecule has 0 spiro atoms. The molecule has 5 nitrogen and oxygen atoms in total. The SMILES string of the molecule is CC(C)CC(C)(CN)NC(=O)c1ccc(C(N)=O)cc1.Cl. The summed E-state index contributed by atoms with van der Waals surface area (Å²) in [6.45, 7) is 6.47. The molecule has 21 heavy (non-hydrogen) atoms. The molecule has 0 aliphatic heterocycles. The molecular formula is C15H24ClN3O2. The lowest BCUT2D eigenvalue weighted by molar-refractivity contribution is 0.0896. The van der Waals surface area contributed by atoms with Gasteiger partial charge in [-0.05, 0) is 43.5 Å². The van der Waals surface area contributed by atoms with E-state index in [-0.39, 0.29) is 18.3 Å². The number of halogens is 1. The average molecular weight is 314 g/mol. The summed E-state index contributed by atoms with van der Waals surface area (Å²) in [4.78, 5) is 23.2. The second kappa shape index (κ2) is 8.00. The number of carbonyl (C=O) groups is 2. The fourth-order valence-electron chi connectivity index (χ4n) is 2.22. The third kappa shape index (κ3) is 5.73. The molecule has 1 aromatic rings. The average Bonchev–Trinajstić information content (AvgIpc) is 2.37. The monoisotopic (exact) mass is 313 g/mol. The van der Waals surface area contributed by atoms with E-state index >= 15 is 0 Å². The molecule has 0 saturated carbocycles. The van der Waals surface area contributed by atoms with Crippen LogP contribution in [-0.4, -0.2) is 23.9 Å². The first-order valence-corrected chi connectivity index (χ1v) is 6.70. The van der Waals surface area contributed by atoms with E-state index in [2.05, 4.69) is 19.2 Å². The molecule has 5 N–H and O–H groups in total. The number of rotatable bonds is 6. The summed E-state index contributed by atoms with van der Waals surface area (Å²) in [5.74, 6) is -0.278. The third-order valence-electron chi connectivity index (χ3n) is 3.16. The Morgan fingerprint density at radius 3 is 2.05 bits per heavy atom. The topological polar surface area (TPSA) is 98.2 Å². The van der Waals surface area contributed by atoms with Crippen LogP contribution in [0.1, 0.15) is 47.9 Å². The number of benzene rings is 1. The molecule has 0 radical (unpaired) electrons. The predicted octanol–water partition coefficient (Wildman–Crippen LogP) is 1.70. The molecule has 0 fully saturated rings. The normalized spacial score (nSPS) is 13.2. The predicted molar refractivity (Wildman–Crippen MR) is 86.6 cm³/mol. The highest BCUT2D eigenvalue weighted by molar-refractivity contribution is 5.97. The fourth-order valence-corrected chi connectivity index (χ4v) is 2.22. The van der Waals surface area contributed by atoms with Gasteiger partial charge < -0.3 is 16.8 Å². The van der Waals surface area contributed by atoms with Crippen LogP contribution in [0.5, 0.6) is 0 Å². The summed E-state index contributed by atoms with van der Waals surface area (Å²) in [7, 11) is 0. The highest BCUT2D eigenvalue weighted by Gasteiger charge is 2.26. The minimum Gasteiger partial charge on any atom is -0.366 e. The van der Waals surface area contributed by atoms with Gasteiger partial charge in [-0.3, -0.25) is 9.59 Å². The molecule has 0 heterocycles. The van der Waals surface area contributed by atoms with Crippen LogP contribution in [0, 0.1) is 5.92 Å². The second-order valence-electron chi connectivity index (χ2n) is 5.76. The van der Waals surface area contributed by atoms with Gasteiger partial charge in [0.05, 0.1) is 0 Å². The molecule has 6 heteroatoms. The molecule has 2 amide bonds. The van der Waals surface area contributed by atoms with Crippen molar-refractivity contribution in [3.63, 3.8) is 0 Å². The molecule has 0 saturated heterocycles. The largest absolute Gasteiger partial charge is 0.366 e. The van der Waals surface area contributed by atoms with Crippen molar-refractivity contribution in [1.82, 2.24) is 5.32 Å². The Hall–Kier alpha value is -1.59. The van der Waals surface area contributed by atoms with Crippen molar-refractivity contribution >= 4 is 24.2 Å². The van der Waals surface area contributed by atoms with E-state index < -0.39 is 11.4 Å². The number of primary amides is 1. The minimum absolute atomic E-state index is 0. The number of nitrogens with two attached hydrogens (primary N) is 2. The van der Waals surface area contributed by atoms with E-state index in [0.717, 1.165) is 6.42 Å². The van der Waals surface area contributed by atoms with Crippen molar-refractivity contribution in [2.24, 2.45) is 17.4 Å². The molecule has 1 unspecified atom stereocenters. The highest BCUT2D eigenvalue weighted by Crippen LogP contribution is 2.16. The van der Waals surface area contributed by atoms with Gasteiger partial charge in [0, 0.05) is 23.2 Å². The molecule has 0 aliphatic rings. The van der Waals surface area contributed by atoms with Gasteiger partial charge in [-0.15, -0.1) is 12.4 Å². The van der Waals surface area contributed by atoms with E-state index in [1.54, 1.807) is 24.3 Å². The lowest BCUT2D eigenvalue weighted by Crippen LogP contribution is -2.52. The van der Waals surface area contributed by atoms with E-state index in [0.29, 0.717) is 23.6 Å². The first-order valence-electron chi connectivity index (χ1n) is 6.70. The number of amides is 2. The molecule has 0 bridgehead atoms. The van der Waals surface area contributed by atoms with E-state index in [4.69, 9.17) is 11.5 Å². The maximum atomic E-state index is 12.2. The first-order chi connectivity index (χ1) is 9.27. The first kappa shape index (κ1) is 19.4. The second-order valence-corrected chi connectivity index (χ2v) is 5.76. The third-order valence-corrected chi connectivity index (χ3v) is 3.16. The molecule has 1 atom stereocenters. The van der Waals surface area contributed by atoms with Gasteiger partial charge in [0.15, 0.2) is 0 Å². The van der Waals surface area contributed by atoms with Gasteiger partial charge in [0.25, 0.3) is 5.91 Å². The van der Waals surface area contributed by atoms with Crippen molar-refractivity contribution in [3.05, 3.63) is 35.4 Å². The summed E-state index contributed by atoms with van der Waals surface area (Å²) in [5.41, 5.74) is 11.4. The molecule has 118 valence electrons. The van der Waals surface area contributed by atoms with Crippen LogP contribution in [0.2, 0.25) is 0 Å². The van der Waals surface area contributed by atoms with E-state index in [1.165, 1.54) is 0 Å². The van der Waals surface area contributed by atoms with Crippen molar-refractivity contribution < 1.29 is 9.59 Å².